The molecule has 27 heavy (non-hydrogen) atoms. The number of amides is 1. The number of hydrogen-bond donors (Lipinski definition) is 2. The molecule has 1 atom stereocenters. The lowest BCUT2D eigenvalue weighted by Gasteiger charge is -2.38. The van der Waals surface area contributed by atoms with Gasteiger partial charge in [0.05, 0.1) is 13.7 Å². The second-order valence-electron chi connectivity index (χ2n) is 6.77. The molecular formula is C19H25FN4O3. The largest absolute Gasteiger partial charge is 0.497 e. The highest BCUT2D eigenvalue weighted by Crippen LogP contribution is 2.25. The second kappa shape index (κ2) is 8.49. The Labute approximate surface area is 157 Å². The van der Waals surface area contributed by atoms with Crippen molar-refractivity contribution in [2.45, 2.75) is 31.5 Å². The Morgan fingerprint density at radius 2 is 2.30 bits per heavy atom. The van der Waals surface area contributed by atoms with E-state index >= 15 is 0 Å². The van der Waals surface area contributed by atoms with Crippen molar-refractivity contribution in [3.8, 4) is 5.75 Å². The van der Waals surface area contributed by atoms with E-state index in [9.17, 15) is 14.3 Å². The van der Waals surface area contributed by atoms with Gasteiger partial charge in [0.2, 0.25) is 0 Å². The fourth-order valence-corrected chi connectivity index (χ4v) is 3.31. The summed E-state index contributed by atoms with van der Waals surface area (Å²) < 4.78 is 21.0. The molecule has 1 aliphatic rings. The number of carbonyl (C=O) groups excluding carboxylic acids is 1. The number of nitrogens with one attached hydrogen (secondary N) is 1. The first-order chi connectivity index (χ1) is 13.0. The maximum absolute atomic E-state index is 14.1. The number of methoxy groups -OCH3 is 1. The Kier molecular flexibility index (Phi) is 6.08. The molecule has 2 aromatic rings. The highest BCUT2D eigenvalue weighted by atomic mass is 19.1. The van der Waals surface area contributed by atoms with Crippen LogP contribution in [0.5, 0.6) is 5.75 Å². The zero-order valence-electron chi connectivity index (χ0n) is 15.4. The summed E-state index contributed by atoms with van der Waals surface area (Å²) >= 11 is 0. The van der Waals surface area contributed by atoms with Gasteiger partial charge in [-0.25, -0.2) is 4.39 Å². The summed E-state index contributed by atoms with van der Waals surface area (Å²) in [6.07, 6.45) is 4.60. The van der Waals surface area contributed by atoms with E-state index in [0.717, 1.165) is 0 Å². The molecule has 8 heteroatoms. The van der Waals surface area contributed by atoms with E-state index in [4.69, 9.17) is 4.74 Å². The van der Waals surface area contributed by atoms with Gasteiger partial charge in [-0.3, -0.25) is 9.48 Å². The number of hydrogen-bond acceptors (Lipinski definition) is 5. The predicted octanol–water partition coefficient (Wildman–Crippen LogP) is 1.17. The summed E-state index contributed by atoms with van der Waals surface area (Å²) in [6.45, 7) is 1.99. The average Bonchev–Trinajstić information content (AvgIpc) is 3.18. The summed E-state index contributed by atoms with van der Waals surface area (Å²) in [7, 11) is 1.51. The smallest absolute Gasteiger partial charge is 0.256 e. The molecule has 1 aliphatic heterocycles. The number of aliphatic hydroxyl groups is 1. The molecule has 1 aromatic heterocycles. The van der Waals surface area contributed by atoms with E-state index in [1.807, 2.05) is 12.3 Å². The third-order valence-electron chi connectivity index (χ3n) is 4.81. The maximum Gasteiger partial charge on any atom is 0.256 e. The Morgan fingerprint density at radius 3 is 3.04 bits per heavy atom. The van der Waals surface area contributed by atoms with E-state index in [-0.39, 0.29) is 19.0 Å². The van der Waals surface area contributed by atoms with Gasteiger partial charge in [0.25, 0.3) is 5.91 Å². The first-order valence-corrected chi connectivity index (χ1v) is 9.04. The molecule has 2 N–H and O–H groups in total. The van der Waals surface area contributed by atoms with Crippen LogP contribution in [0.25, 0.3) is 0 Å². The molecule has 0 spiro atoms. The van der Waals surface area contributed by atoms with E-state index in [1.54, 1.807) is 16.9 Å². The van der Waals surface area contributed by atoms with E-state index < -0.39 is 11.4 Å². The maximum atomic E-state index is 14.1. The quantitative estimate of drug-likeness (QED) is 0.677. The molecule has 1 amide bonds. The lowest BCUT2D eigenvalue weighted by Crippen LogP contribution is -2.57. The highest BCUT2D eigenvalue weighted by Gasteiger charge is 2.41. The second-order valence-corrected chi connectivity index (χ2v) is 6.77. The standard InChI is InChI=1S/C19H25FN4O3/c1-27-16-4-5-17(20)15(12-16)13-23-9-2-6-19(26,18(23)25)14-21-8-11-24-10-3-7-22-24/h3-5,7,10,12,21,26H,2,6,8-9,11,13-14H2,1H3/t19-/m0/s1. The number of ether oxygens (including phenoxy) is 1. The third kappa shape index (κ3) is 4.64. The van der Waals surface area contributed by atoms with Gasteiger partial charge in [0, 0.05) is 44.1 Å². The number of piperidine rings is 1. The summed E-state index contributed by atoms with van der Waals surface area (Å²) in [5, 5.41) is 18.1. The Balaban J connectivity index is 1.59. The van der Waals surface area contributed by atoms with Crippen molar-refractivity contribution >= 4 is 5.91 Å². The van der Waals surface area contributed by atoms with Crippen LogP contribution in [-0.4, -0.2) is 58.0 Å². The van der Waals surface area contributed by atoms with Gasteiger partial charge in [-0.1, -0.05) is 0 Å². The summed E-state index contributed by atoms with van der Waals surface area (Å²) in [4.78, 5) is 14.3. The molecule has 7 nitrogen and oxygen atoms in total. The molecular weight excluding hydrogens is 351 g/mol. The SMILES string of the molecule is COc1ccc(F)c(CN2CCC[C@](O)(CNCCn3cccn3)C2=O)c1. The lowest BCUT2D eigenvalue weighted by atomic mass is 9.91. The minimum Gasteiger partial charge on any atom is -0.497 e. The lowest BCUT2D eigenvalue weighted by molar-refractivity contribution is -0.157. The summed E-state index contributed by atoms with van der Waals surface area (Å²) in [5.41, 5.74) is -1.10. The predicted molar refractivity (Wildman–Crippen MR) is 97.6 cm³/mol. The minimum atomic E-state index is -1.47. The fourth-order valence-electron chi connectivity index (χ4n) is 3.31. The highest BCUT2D eigenvalue weighted by molar-refractivity contribution is 5.86. The third-order valence-corrected chi connectivity index (χ3v) is 4.81. The number of benzene rings is 1. The Bertz CT molecular complexity index is 768. The van der Waals surface area contributed by atoms with E-state index in [1.165, 1.54) is 24.1 Å². The van der Waals surface area contributed by atoms with Crippen LogP contribution in [0.1, 0.15) is 18.4 Å². The van der Waals surface area contributed by atoms with Gasteiger partial charge in [-0.2, -0.15) is 5.10 Å². The summed E-state index contributed by atoms with van der Waals surface area (Å²) in [5.74, 6) is -0.232. The number of rotatable bonds is 8. The zero-order chi connectivity index (χ0) is 19.3. The molecule has 146 valence electrons. The Morgan fingerprint density at radius 1 is 1.44 bits per heavy atom. The van der Waals surface area contributed by atoms with Crippen LogP contribution in [0, 0.1) is 5.82 Å². The van der Waals surface area contributed by atoms with Gasteiger partial charge < -0.3 is 20.1 Å². The van der Waals surface area contributed by atoms with Crippen LogP contribution < -0.4 is 10.1 Å². The summed E-state index contributed by atoms with van der Waals surface area (Å²) in [6, 6.07) is 6.29. The van der Waals surface area contributed by atoms with Crippen LogP contribution in [0.15, 0.2) is 36.7 Å². The van der Waals surface area contributed by atoms with Crippen molar-refractivity contribution in [3.63, 3.8) is 0 Å². The Hall–Kier alpha value is -2.45. The molecule has 0 saturated carbocycles. The number of aromatic nitrogens is 2. The molecule has 2 heterocycles. The fraction of sp³-hybridized carbons (Fsp3) is 0.474. The first-order valence-electron chi connectivity index (χ1n) is 9.04. The van der Waals surface area contributed by atoms with Crippen LogP contribution >= 0.6 is 0 Å². The molecule has 1 saturated heterocycles. The number of nitrogens with zero attached hydrogens (tertiary/aromatic N) is 3. The molecule has 0 radical (unpaired) electrons. The molecule has 1 fully saturated rings. The minimum absolute atomic E-state index is 0.109. The topological polar surface area (TPSA) is 79.6 Å². The number of carbonyl (C=O) groups is 1. The van der Waals surface area contributed by atoms with Crippen molar-refractivity contribution < 1.29 is 19.0 Å². The van der Waals surface area contributed by atoms with Gasteiger partial charge >= 0.3 is 0 Å². The van der Waals surface area contributed by atoms with Crippen LogP contribution in [-0.2, 0) is 17.9 Å². The van der Waals surface area contributed by atoms with E-state index in [2.05, 4.69) is 10.4 Å². The van der Waals surface area contributed by atoms with Crippen molar-refractivity contribution in [1.29, 1.82) is 0 Å². The zero-order valence-corrected chi connectivity index (χ0v) is 15.4. The average molecular weight is 376 g/mol. The molecule has 0 bridgehead atoms. The van der Waals surface area contributed by atoms with Crippen molar-refractivity contribution in [1.82, 2.24) is 20.0 Å². The van der Waals surface area contributed by atoms with Crippen LogP contribution in [0.2, 0.25) is 0 Å². The van der Waals surface area contributed by atoms with Gasteiger partial charge in [0.15, 0.2) is 5.60 Å². The molecule has 0 unspecified atom stereocenters. The number of likely N-dealkylation sites (tertiary alicyclic amines) is 1. The monoisotopic (exact) mass is 376 g/mol. The number of halogens is 1. The van der Waals surface area contributed by atoms with Gasteiger partial charge in [0.1, 0.15) is 11.6 Å². The molecule has 1 aromatic carbocycles. The first kappa shape index (κ1) is 19.3. The van der Waals surface area contributed by atoms with Crippen molar-refractivity contribution in [2.75, 3.05) is 26.7 Å². The van der Waals surface area contributed by atoms with E-state index in [0.29, 0.717) is 43.8 Å². The van der Waals surface area contributed by atoms with Gasteiger partial charge in [-0.05, 0) is 37.1 Å². The van der Waals surface area contributed by atoms with Crippen LogP contribution in [0.4, 0.5) is 4.39 Å². The normalized spacial score (nSPS) is 20.1. The molecule has 0 aliphatic carbocycles. The van der Waals surface area contributed by atoms with Gasteiger partial charge in [-0.15, -0.1) is 0 Å². The van der Waals surface area contributed by atoms with Crippen molar-refractivity contribution in [3.05, 3.63) is 48.0 Å². The van der Waals surface area contributed by atoms with Crippen LogP contribution in [0.3, 0.4) is 0 Å². The molecule has 3 rings (SSSR count). The van der Waals surface area contributed by atoms with Crippen molar-refractivity contribution in [2.24, 2.45) is 0 Å².